The van der Waals surface area contributed by atoms with Crippen molar-refractivity contribution < 1.29 is 18.0 Å². The quantitative estimate of drug-likeness (QED) is 0.696. The highest BCUT2D eigenvalue weighted by atomic mass is 32.2. The van der Waals surface area contributed by atoms with Gasteiger partial charge in [-0.05, 0) is 75.9 Å². The van der Waals surface area contributed by atoms with Gasteiger partial charge in [0.15, 0.2) is 9.84 Å². The summed E-state index contributed by atoms with van der Waals surface area (Å²) in [4.78, 5) is 26.2. The molecule has 2 fully saturated rings. The van der Waals surface area contributed by atoms with E-state index >= 15 is 0 Å². The van der Waals surface area contributed by atoms with E-state index in [9.17, 15) is 18.0 Å². The highest BCUT2D eigenvalue weighted by molar-refractivity contribution is 7.92. The van der Waals surface area contributed by atoms with Crippen molar-refractivity contribution in [3.8, 4) is 0 Å². The molecule has 0 aromatic heterocycles. The second kappa shape index (κ2) is 7.83. The number of hydrogen-bond acceptors (Lipinski definition) is 5. The molecule has 1 saturated carbocycles. The lowest BCUT2D eigenvalue weighted by Crippen LogP contribution is -2.49. The van der Waals surface area contributed by atoms with Crippen LogP contribution in [0.3, 0.4) is 0 Å². The molecule has 154 valence electrons. The van der Waals surface area contributed by atoms with Gasteiger partial charge >= 0.3 is 0 Å². The summed E-state index contributed by atoms with van der Waals surface area (Å²) in [5, 5.41) is 1.63. The number of carbonyl (C=O) groups is 2. The Morgan fingerprint density at radius 1 is 1.21 bits per heavy atom. The molecule has 1 aromatic carbocycles. The first-order valence-corrected chi connectivity index (χ1v) is 11.4. The van der Waals surface area contributed by atoms with Crippen LogP contribution >= 0.6 is 0 Å². The number of carbonyl (C=O) groups excluding carboxylic acids is 2. The monoisotopic (exact) mass is 407 g/mol. The number of rotatable bonds is 7. The molecule has 1 saturated heterocycles. The van der Waals surface area contributed by atoms with E-state index < -0.39 is 21.0 Å². The van der Waals surface area contributed by atoms with E-state index in [1.165, 1.54) is 18.4 Å². The smallest absolute Gasteiger partial charge is 0.251 e. The van der Waals surface area contributed by atoms with Crippen molar-refractivity contribution in [3.05, 3.63) is 35.4 Å². The molecule has 1 aliphatic heterocycles. The van der Waals surface area contributed by atoms with E-state index in [2.05, 4.69) is 24.3 Å². The maximum atomic E-state index is 12.6. The van der Waals surface area contributed by atoms with Gasteiger partial charge in [-0.2, -0.15) is 0 Å². The predicted molar refractivity (Wildman–Crippen MR) is 108 cm³/mol. The van der Waals surface area contributed by atoms with E-state index in [1.807, 2.05) is 24.3 Å². The van der Waals surface area contributed by atoms with Crippen molar-refractivity contribution in [2.45, 2.75) is 48.8 Å². The number of sulfone groups is 1. The molecule has 0 radical (unpaired) electrons. The Kier molecular flexibility index (Phi) is 5.82. The molecular weight excluding hydrogens is 378 g/mol. The van der Waals surface area contributed by atoms with Gasteiger partial charge in [0.1, 0.15) is 5.25 Å². The van der Waals surface area contributed by atoms with Crippen LogP contribution in [0.2, 0.25) is 0 Å². The summed E-state index contributed by atoms with van der Waals surface area (Å²) in [5.41, 5.74) is 7.27. The van der Waals surface area contributed by atoms with Crippen molar-refractivity contribution in [1.29, 1.82) is 0 Å². The van der Waals surface area contributed by atoms with Gasteiger partial charge in [-0.3, -0.25) is 9.59 Å². The summed E-state index contributed by atoms with van der Waals surface area (Å²) in [6.07, 6.45) is 3.80. The standard InChI is InChI=1S/C20H29N3O4S/c1-23(2)11-10-20(8-9-20)15-5-3-14(4-6-15)19(25)22-16-7-12-28(26,27)17(13-16)18(21)24/h3-6,16-17H,7-13H2,1-2H3,(H2,21,24)(H,22,25). The molecular formula is C20H29N3O4S. The average molecular weight is 408 g/mol. The highest BCUT2D eigenvalue weighted by Gasteiger charge is 2.43. The van der Waals surface area contributed by atoms with Crippen molar-refractivity contribution in [3.63, 3.8) is 0 Å². The van der Waals surface area contributed by atoms with Gasteiger partial charge < -0.3 is 16.0 Å². The third-order valence-corrected chi connectivity index (χ3v) is 8.08. The van der Waals surface area contributed by atoms with E-state index in [4.69, 9.17) is 5.73 Å². The summed E-state index contributed by atoms with van der Waals surface area (Å²) >= 11 is 0. The van der Waals surface area contributed by atoms with Gasteiger partial charge in [-0.1, -0.05) is 12.1 Å². The van der Waals surface area contributed by atoms with E-state index in [1.54, 1.807) is 0 Å². The maximum absolute atomic E-state index is 12.6. The molecule has 1 aliphatic carbocycles. The molecule has 2 unspecified atom stereocenters. The molecule has 2 amide bonds. The lowest BCUT2D eigenvalue weighted by atomic mass is 9.91. The fourth-order valence-electron chi connectivity index (χ4n) is 3.91. The first-order chi connectivity index (χ1) is 13.1. The summed E-state index contributed by atoms with van der Waals surface area (Å²) in [6.45, 7) is 1.04. The molecule has 2 atom stereocenters. The molecule has 28 heavy (non-hydrogen) atoms. The van der Waals surface area contributed by atoms with Crippen LogP contribution in [0.25, 0.3) is 0 Å². The highest BCUT2D eigenvalue weighted by Crippen LogP contribution is 2.51. The first-order valence-electron chi connectivity index (χ1n) is 9.70. The zero-order chi connectivity index (χ0) is 20.5. The lowest BCUT2D eigenvalue weighted by molar-refractivity contribution is -0.117. The van der Waals surface area contributed by atoms with Gasteiger partial charge in [-0.25, -0.2) is 8.42 Å². The Labute approximate surface area is 166 Å². The zero-order valence-electron chi connectivity index (χ0n) is 16.5. The molecule has 8 heteroatoms. The van der Waals surface area contributed by atoms with Gasteiger partial charge in [0.05, 0.1) is 5.75 Å². The molecule has 0 spiro atoms. The number of nitrogens with one attached hydrogen (secondary N) is 1. The zero-order valence-corrected chi connectivity index (χ0v) is 17.3. The predicted octanol–water partition coefficient (Wildman–Crippen LogP) is 0.831. The third kappa shape index (κ3) is 4.55. The van der Waals surface area contributed by atoms with Gasteiger partial charge in [-0.15, -0.1) is 0 Å². The number of nitrogens with zero attached hydrogens (tertiary/aromatic N) is 1. The van der Waals surface area contributed by atoms with Crippen LogP contribution in [-0.2, 0) is 20.0 Å². The molecule has 0 bridgehead atoms. The molecule has 2 aliphatic rings. The Morgan fingerprint density at radius 2 is 1.86 bits per heavy atom. The Morgan fingerprint density at radius 3 is 2.39 bits per heavy atom. The maximum Gasteiger partial charge on any atom is 0.251 e. The van der Waals surface area contributed by atoms with E-state index in [0.717, 1.165) is 13.0 Å². The lowest BCUT2D eigenvalue weighted by Gasteiger charge is -2.28. The van der Waals surface area contributed by atoms with Crippen LogP contribution in [-0.4, -0.2) is 62.8 Å². The molecule has 1 aromatic rings. The average Bonchev–Trinajstić information content (AvgIpc) is 3.42. The van der Waals surface area contributed by atoms with Crippen LogP contribution in [0, 0.1) is 0 Å². The normalized spacial score (nSPS) is 25.2. The summed E-state index contributed by atoms with van der Waals surface area (Å²) in [6, 6.07) is 7.32. The van der Waals surface area contributed by atoms with Gasteiger partial charge in [0.2, 0.25) is 5.91 Å². The summed E-state index contributed by atoms with van der Waals surface area (Å²) < 4.78 is 23.9. The molecule has 3 N–H and O–H groups in total. The van der Waals surface area contributed by atoms with Gasteiger partial charge in [0.25, 0.3) is 5.91 Å². The van der Waals surface area contributed by atoms with Crippen LogP contribution in [0.4, 0.5) is 0 Å². The van der Waals surface area contributed by atoms with Crippen LogP contribution in [0.5, 0.6) is 0 Å². The van der Waals surface area contributed by atoms with E-state index in [-0.39, 0.29) is 29.5 Å². The Balaban J connectivity index is 1.62. The minimum Gasteiger partial charge on any atom is -0.369 e. The van der Waals surface area contributed by atoms with E-state index in [0.29, 0.717) is 12.0 Å². The van der Waals surface area contributed by atoms with Crippen LogP contribution in [0.15, 0.2) is 24.3 Å². The van der Waals surface area contributed by atoms with Crippen LogP contribution < -0.4 is 11.1 Å². The molecule has 1 heterocycles. The third-order valence-electron chi connectivity index (χ3n) is 5.99. The number of amides is 2. The Bertz CT molecular complexity index is 845. The molecule has 7 nitrogen and oxygen atoms in total. The number of primary amides is 1. The SMILES string of the molecule is CN(C)CCC1(c2ccc(C(=O)NC3CCS(=O)(=O)C(C(N)=O)C3)cc2)CC1. The van der Waals surface area contributed by atoms with Gasteiger partial charge in [0, 0.05) is 11.6 Å². The summed E-state index contributed by atoms with van der Waals surface area (Å²) in [7, 11) is 0.632. The molecule has 3 rings (SSSR count). The minimum atomic E-state index is -3.51. The summed E-state index contributed by atoms with van der Waals surface area (Å²) in [5.74, 6) is -1.24. The number of hydrogen-bond donors (Lipinski definition) is 2. The second-order valence-electron chi connectivity index (χ2n) is 8.36. The van der Waals surface area contributed by atoms with Crippen molar-refractivity contribution in [1.82, 2.24) is 10.2 Å². The number of nitrogens with two attached hydrogens (primary N) is 1. The van der Waals surface area contributed by atoms with Crippen molar-refractivity contribution in [2.75, 3.05) is 26.4 Å². The van der Waals surface area contributed by atoms with Crippen molar-refractivity contribution >= 4 is 21.7 Å². The first kappa shape index (κ1) is 20.8. The largest absolute Gasteiger partial charge is 0.369 e. The number of benzene rings is 1. The Hall–Kier alpha value is -1.93. The fourth-order valence-corrected chi connectivity index (χ4v) is 5.69. The fraction of sp³-hybridized carbons (Fsp3) is 0.600. The topological polar surface area (TPSA) is 110 Å². The van der Waals surface area contributed by atoms with Crippen LogP contribution in [0.1, 0.15) is 48.0 Å². The second-order valence-corrected chi connectivity index (χ2v) is 10.7. The minimum absolute atomic E-state index is 0.0368. The van der Waals surface area contributed by atoms with Crippen molar-refractivity contribution in [2.24, 2.45) is 5.73 Å².